The maximum Gasteiger partial charge on any atom is 0.267 e. The van der Waals surface area contributed by atoms with Crippen LogP contribution in [0.4, 0.5) is 5.69 Å². The molecular formula is C28H29N3O3S2. The first-order chi connectivity index (χ1) is 17.3. The quantitative estimate of drug-likeness (QED) is 0.253. The van der Waals surface area contributed by atoms with Crippen molar-refractivity contribution in [2.75, 3.05) is 18.2 Å². The van der Waals surface area contributed by atoms with Crippen LogP contribution < -0.4 is 15.6 Å². The number of carbonyl (C=O) groups is 1. The highest BCUT2D eigenvalue weighted by atomic mass is 32.2. The summed E-state index contributed by atoms with van der Waals surface area (Å²) in [6.45, 7) is 6.22. The first-order valence-electron chi connectivity index (χ1n) is 12.1. The van der Waals surface area contributed by atoms with Crippen molar-refractivity contribution >= 4 is 44.9 Å². The number of hydrogen-bond acceptors (Lipinski definition) is 6. The molecule has 0 radical (unpaired) electrons. The van der Waals surface area contributed by atoms with Crippen molar-refractivity contribution in [3.05, 3.63) is 74.4 Å². The Morgan fingerprint density at radius 2 is 2.00 bits per heavy atom. The van der Waals surface area contributed by atoms with E-state index in [1.165, 1.54) is 16.6 Å². The third-order valence-electron chi connectivity index (χ3n) is 6.63. The number of anilines is 1. The van der Waals surface area contributed by atoms with Gasteiger partial charge in [0.2, 0.25) is 5.91 Å². The molecule has 5 rings (SSSR count). The Hall–Kier alpha value is -3.10. The SMILES string of the molecule is COc1ccc(-n2c(SCC(=O)Nc3cc(C)ccc3C)nc3sc4c(c3c2=O)CCC(C)C4)cc1. The smallest absolute Gasteiger partial charge is 0.267 e. The molecule has 1 amide bonds. The van der Waals surface area contributed by atoms with Gasteiger partial charge in [-0.3, -0.25) is 14.2 Å². The topological polar surface area (TPSA) is 73.2 Å². The molecule has 2 heterocycles. The average molecular weight is 520 g/mol. The van der Waals surface area contributed by atoms with E-state index < -0.39 is 0 Å². The van der Waals surface area contributed by atoms with Crippen LogP contribution in [0, 0.1) is 19.8 Å². The van der Waals surface area contributed by atoms with Gasteiger partial charge in [0, 0.05) is 10.6 Å². The standard InChI is InChI=1S/C28H29N3O3S2/c1-16-5-7-18(3)22(13-16)29-24(32)15-35-28-30-26-25(21-12-6-17(2)14-23(21)36-26)27(33)31(28)19-8-10-20(34-4)11-9-19/h5,7-11,13,17H,6,12,14-15H2,1-4H3,(H,29,32). The van der Waals surface area contributed by atoms with Crippen LogP contribution in [-0.4, -0.2) is 28.3 Å². The number of aromatic nitrogens is 2. The molecule has 8 heteroatoms. The Kier molecular flexibility index (Phi) is 6.90. The van der Waals surface area contributed by atoms with Crippen molar-refractivity contribution in [1.29, 1.82) is 0 Å². The van der Waals surface area contributed by atoms with Crippen molar-refractivity contribution in [2.24, 2.45) is 5.92 Å². The molecule has 1 N–H and O–H groups in total. The van der Waals surface area contributed by atoms with Crippen molar-refractivity contribution in [2.45, 2.75) is 45.2 Å². The normalized spacial score (nSPS) is 15.1. The predicted molar refractivity (Wildman–Crippen MR) is 148 cm³/mol. The highest BCUT2D eigenvalue weighted by molar-refractivity contribution is 7.99. The zero-order valence-corrected chi connectivity index (χ0v) is 22.5. The van der Waals surface area contributed by atoms with Crippen LogP contribution in [0.2, 0.25) is 0 Å². The molecule has 0 saturated heterocycles. The number of thioether (sulfide) groups is 1. The van der Waals surface area contributed by atoms with E-state index in [-0.39, 0.29) is 17.2 Å². The zero-order chi connectivity index (χ0) is 25.4. The number of carbonyl (C=O) groups excluding carboxylic acids is 1. The lowest BCUT2D eigenvalue weighted by Crippen LogP contribution is -2.23. The Balaban J connectivity index is 1.53. The molecule has 6 nitrogen and oxygen atoms in total. The number of fused-ring (bicyclic) bond motifs is 3. The summed E-state index contributed by atoms with van der Waals surface area (Å²) in [5.74, 6) is 1.33. The van der Waals surface area contributed by atoms with Gasteiger partial charge in [-0.05, 0) is 86.1 Å². The second-order valence-electron chi connectivity index (χ2n) is 9.42. The van der Waals surface area contributed by atoms with Crippen LogP contribution >= 0.6 is 23.1 Å². The highest BCUT2D eigenvalue weighted by Crippen LogP contribution is 2.37. The maximum absolute atomic E-state index is 13.9. The van der Waals surface area contributed by atoms with Crippen LogP contribution in [0.15, 0.2) is 52.4 Å². The van der Waals surface area contributed by atoms with Crippen LogP contribution in [0.5, 0.6) is 5.75 Å². The minimum absolute atomic E-state index is 0.0744. The Bertz CT molecular complexity index is 1510. The molecule has 4 aromatic rings. The summed E-state index contributed by atoms with van der Waals surface area (Å²) in [6.07, 6.45) is 2.97. The molecule has 0 bridgehead atoms. The Labute approximate surface area is 218 Å². The molecule has 0 aliphatic heterocycles. The van der Waals surface area contributed by atoms with E-state index in [4.69, 9.17) is 9.72 Å². The molecule has 186 valence electrons. The Morgan fingerprint density at radius 3 is 2.75 bits per heavy atom. The summed E-state index contributed by atoms with van der Waals surface area (Å²) in [4.78, 5) is 33.7. The molecular weight excluding hydrogens is 490 g/mol. The van der Waals surface area contributed by atoms with Crippen molar-refractivity contribution in [1.82, 2.24) is 9.55 Å². The van der Waals surface area contributed by atoms with Crippen LogP contribution in [0.1, 0.15) is 34.9 Å². The number of methoxy groups -OCH3 is 1. The summed E-state index contributed by atoms with van der Waals surface area (Å²) < 4.78 is 6.94. The summed E-state index contributed by atoms with van der Waals surface area (Å²) in [5, 5.41) is 4.24. The van der Waals surface area contributed by atoms with E-state index in [2.05, 4.69) is 12.2 Å². The fraction of sp³-hybridized carbons (Fsp3) is 0.321. The lowest BCUT2D eigenvalue weighted by Gasteiger charge is -2.18. The fourth-order valence-electron chi connectivity index (χ4n) is 4.61. The summed E-state index contributed by atoms with van der Waals surface area (Å²) in [5.41, 5.74) is 4.67. The first kappa shape index (κ1) is 24.6. The summed E-state index contributed by atoms with van der Waals surface area (Å²) >= 11 is 2.90. The van der Waals surface area contributed by atoms with Gasteiger partial charge in [-0.2, -0.15) is 0 Å². The lowest BCUT2D eigenvalue weighted by molar-refractivity contribution is -0.113. The second-order valence-corrected chi connectivity index (χ2v) is 11.4. The van der Waals surface area contributed by atoms with Crippen molar-refractivity contribution in [3.8, 4) is 11.4 Å². The van der Waals surface area contributed by atoms with Crippen LogP contribution in [0.3, 0.4) is 0 Å². The number of thiophene rings is 1. The molecule has 0 fully saturated rings. The number of benzene rings is 2. The van der Waals surface area contributed by atoms with Gasteiger partial charge in [0.15, 0.2) is 5.16 Å². The van der Waals surface area contributed by atoms with Gasteiger partial charge in [0.1, 0.15) is 10.6 Å². The molecule has 1 unspecified atom stereocenters. The van der Waals surface area contributed by atoms with Crippen molar-refractivity contribution < 1.29 is 9.53 Å². The van der Waals surface area contributed by atoms with E-state index in [9.17, 15) is 9.59 Å². The van der Waals surface area contributed by atoms with Crippen LogP contribution in [-0.2, 0) is 17.6 Å². The molecule has 1 aliphatic rings. The van der Waals surface area contributed by atoms with E-state index in [0.29, 0.717) is 22.5 Å². The first-order valence-corrected chi connectivity index (χ1v) is 13.9. The van der Waals surface area contributed by atoms with Gasteiger partial charge in [0.25, 0.3) is 5.56 Å². The number of ether oxygens (including phenoxy) is 1. The van der Waals surface area contributed by atoms with Gasteiger partial charge < -0.3 is 10.1 Å². The molecule has 1 atom stereocenters. The number of hydrogen-bond donors (Lipinski definition) is 1. The fourth-order valence-corrected chi connectivity index (χ4v) is 6.85. The monoisotopic (exact) mass is 519 g/mol. The van der Waals surface area contributed by atoms with Gasteiger partial charge >= 0.3 is 0 Å². The minimum Gasteiger partial charge on any atom is -0.497 e. The molecule has 36 heavy (non-hydrogen) atoms. The number of amides is 1. The number of aryl methyl sites for hydroxylation is 3. The Morgan fingerprint density at radius 1 is 1.22 bits per heavy atom. The van der Waals surface area contributed by atoms with E-state index in [1.54, 1.807) is 23.0 Å². The molecule has 2 aromatic heterocycles. The van der Waals surface area contributed by atoms with E-state index in [1.807, 2.05) is 56.3 Å². The van der Waals surface area contributed by atoms with Gasteiger partial charge in [-0.25, -0.2) is 4.98 Å². The molecule has 2 aromatic carbocycles. The van der Waals surface area contributed by atoms with E-state index >= 15 is 0 Å². The third-order valence-corrected chi connectivity index (χ3v) is 8.72. The summed E-state index contributed by atoms with van der Waals surface area (Å²) in [6, 6.07) is 13.4. The van der Waals surface area contributed by atoms with Gasteiger partial charge in [-0.1, -0.05) is 30.8 Å². The minimum atomic E-state index is -0.136. The third kappa shape index (κ3) is 4.80. The average Bonchev–Trinajstić information content (AvgIpc) is 3.22. The van der Waals surface area contributed by atoms with Crippen LogP contribution in [0.25, 0.3) is 15.9 Å². The second kappa shape index (κ2) is 10.1. The highest BCUT2D eigenvalue weighted by Gasteiger charge is 2.25. The lowest BCUT2D eigenvalue weighted by atomic mass is 9.89. The summed E-state index contributed by atoms with van der Waals surface area (Å²) in [7, 11) is 1.61. The molecule has 0 saturated carbocycles. The zero-order valence-electron chi connectivity index (χ0n) is 20.9. The number of rotatable bonds is 6. The largest absolute Gasteiger partial charge is 0.497 e. The van der Waals surface area contributed by atoms with Crippen molar-refractivity contribution in [3.63, 3.8) is 0 Å². The predicted octanol–water partition coefficient (Wildman–Crippen LogP) is 5.93. The molecule has 0 spiro atoms. The number of nitrogens with zero attached hydrogens (tertiary/aromatic N) is 2. The molecule has 1 aliphatic carbocycles. The van der Waals surface area contributed by atoms with Gasteiger partial charge in [0.05, 0.1) is 23.9 Å². The van der Waals surface area contributed by atoms with Gasteiger partial charge in [-0.15, -0.1) is 11.3 Å². The maximum atomic E-state index is 13.9. The van der Waals surface area contributed by atoms with E-state index in [0.717, 1.165) is 51.9 Å². The number of nitrogens with one attached hydrogen (secondary N) is 1.